The minimum atomic E-state index is -0.501. The van der Waals surface area contributed by atoms with Gasteiger partial charge in [-0.15, -0.1) is 0 Å². The molecular formula is C30H42O4. The number of esters is 2. The maximum Gasteiger partial charge on any atom is 0.338 e. The molecule has 0 spiro atoms. The van der Waals surface area contributed by atoms with Crippen molar-refractivity contribution >= 4 is 11.9 Å². The molecule has 186 valence electrons. The molecule has 1 aromatic carbocycles. The van der Waals surface area contributed by atoms with Gasteiger partial charge in [-0.05, 0) is 67.2 Å². The molecular weight excluding hydrogens is 424 g/mol. The maximum atomic E-state index is 13.8. The van der Waals surface area contributed by atoms with Gasteiger partial charge in [0.1, 0.15) is 12.4 Å². The Kier molecular flexibility index (Phi) is 8.10. The number of carbonyl (C=O) groups is 2. The zero-order valence-electron chi connectivity index (χ0n) is 21.8. The number of carbonyl (C=O) groups excluding carboxylic acids is 2. The first kappa shape index (κ1) is 26.2. The fourth-order valence-corrected chi connectivity index (χ4v) is 5.58. The summed E-state index contributed by atoms with van der Waals surface area (Å²) in [7, 11) is 0. The number of rotatable bonds is 10. The summed E-state index contributed by atoms with van der Waals surface area (Å²) in [6, 6.07) is 6.66. The molecule has 0 radical (unpaired) electrons. The Hall–Kier alpha value is -2.36. The molecule has 1 aromatic rings. The van der Waals surface area contributed by atoms with Gasteiger partial charge in [-0.1, -0.05) is 84.1 Å². The van der Waals surface area contributed by atoms with E-state index in [0.717, 1.165) is 44.9 Å². The van der Waals surface area contributed by atoms with Gasteiger partial charge in [-0.2, -0.15) is 0 Å². The Morgan fingerprint density at radius 2 is 1.53 bits per heavy atom. The third-order valence-electron chi connectivity index (χ3n) is 7.98. The largest absolute Gasteiger partial charge is 0.458 e. The average Bonchev–Trinajstić information content (AvgIpc) is 3.23. The molecule has 34 heavy (non-hydrogen) atoms. The lowest BCUT2D eigenvalue weighted by Gasteiger charge is -2.41. The van der Waals surface area contributed by atoms with Crippen molar-refractivity contribution in [1.29, 1.82) is 0 Å². The van der Waals surface area contributed by atoms with E-state index in [0.29, 0.717) is 11.3 Å². The van der Waals surface area contributed by atoms with Crippen molar-refractivity contribution in [3.05, 3.63) is 53.6 Å². The van der Waals surface area contributed by atoms with E-state index in [2.05, 4.69) is 41.2 Å². The van der Waals surface area contributed by atoms with Gasteiger partial charge in [-0.3, -0.25) is 4.79 Å². The minimum absolute atomic E-state index is 0.129. The number of unbranched alkanes of at least 4 members (excludes halogenated alkanes) is 3. The van der Waals surface area contributed by atoms with Crippen LogP contribution < -0.4 is 4.74 Å². The highest BCUT2D eigenvalue weighted by molar-refractivity contribution is 5.89. The highest BCUT2D eigenvalue weighted by atomic mass is 16.5. The summed E-state index contributed by atoms with van der Waals surface area (Å²) in [6.07, 6.45) is 10.9. The molecule has 0 aromatic heterocycles. The monoisotopic (exact) mass is 466 g/mol. The second-order valence-corrected chi connectivity index (χ2v) is 11.5. The molecule has 4 nitrogen and oxygen atoms in total. The second kappa shape index (κ2) is 10.5. The zero-order chi connectivity index (χ0) is 25.0. The minimum Gasteiger partial charge on any atom is -0.458 e. The SMILES string of the molecule is C=CCOC(=O)c1ccc(OC(=O)C2(CCCCCC)CC3=C(C2)C(C)(C)CCC3(C)C)cc1. The molecule has 0 fully saturated rings. The summed E-state index contributed by atoms with van der Waals surface area (Å²) in [5.41, 5.74) is 3.15. The van der Waals surface area contributed by atoms with Crippen LogP contribution in [0.1, 0.15) is 103 Å². The van der Waals surface area contributed by atoms with Crippen LogP contribution in [0, 0.1) is 16.2 Å². The van der Waals surface area contributed by atoms with Gasteiger partial charge in [0.05, 0.1) is 11.0 Å². The number of benzene rings is 1. The van der Waals surface area contributed by atoms with Crippen LogP contribution in [0.4, 0.5) is 0 Å². The molecule has 4 heteroatoms. The van der Waals surface area contributed by atoms with Crippen molar-refractivity contribution in [3.8, 4) is 5.75 Å². The summed E-state index contributed by atoms with van der Waals surface area (Å²) < 4.78 is 11.1. The van der Waals surface area contributed by atoms with E-state index >= 15 is 0 Å². The molecule has 2 aliphatic carbocycles. The first-order chi connectivity index (χ1) is 16.0. The van der Waals surface area contributed by atoms with E-state index in [4.69, 9.17) is 9.47 Å². The third-order valence-corrected chi connectivity index (χ3v) is 7.98. The molecule has 3 rings (SSSR count). The molecule has 0 saturated heterocycles. The van der Waals surface area contributed by atoms with E-state index < -0.39 is 11.4 Å². The summed E-state index contributed by atoms with van der Waals surface area (Å²) in [5, 5.41) is 0. The summed E-state index contributed by atoms with van der Waals surface area (Å²) >= 11 is 0. The predicted molar refractivity (Wildman–Crippen MR) is 137 cm³/mol. The van der Waals surface area contributed by atoms with Crippen LogP contribution >= 0.6 is 0 Å². The van der Waals surface area contributed by atoms with Crippen LogP contribution in [-0.2, 0) is 9.53 Å². The second-order valence-electron chi connectivity index (χ2n) is 11.5. The molecule has 0 N–H and O–H groups in total. The van der Waals surface area contributed by atoms with Gasteiger partial charge in [0.25, 0.3) is 0 Å². The van der Waals surface area contributed by atoms with Gasteiger partial charge in [-0.25, -0.2) is 4.79 Å². The Balaban J connectivity index is 1.81. The van der Waals surface area contributed by atoms with Crippen LogP contribution in [0.25, 0.3) is 0 Å². The van der Waals surface area contributed by atoms with Crippen molar-refractivity contribution < 1.29 is 19.1 Å². The number of allylic oxidation sites excluding steroid dienone is 2. The summed E-state index contributed by atoms with van der Waals surface area (Å²) in [5.74, 6) is -0.0733. The summed E-state index contributed by atoms with van der Waals surface area (Å²) in [6.45, 7) is 15.3. The number of ether oxygens (including phenoxy) is 2. The van der Waals surface area contributed by atoms with Crippen molar-refractivity contribution in [2.24, 2.45) is 16.2 Å². The predicted octanol–water partition coefficient (Wildman–Crippen LogP) is 7.83. The lowest BCUT2D eigenvalue weighted by atomic mass is 9.64. The first-order valence-electron chi connectivity index (χ1n) is 12.9. The van der Waals surface area contributed by atoms with Gasteiger partial charge >= 0.3 is 11.9 Å². The van der Waals surface area contributed by atoms with Crippen LogP contribution in [0.5, 0.6) is 5.75 Å². The molecule has 0 heterocycles. The van der Waals surface area contributed by atoms with Crippen molar-refractivity contribution in [1.82, 2.24) is 0 Å². The van der Waals surface area contributed by atoms with Gasteiger partial charge in [0.2, 0.25) is 0 Å². The maximum absolute atomic E-state index is 13.8. The van der Waals surface area contributed by atoms with Gasteiger partial charge in [0.15, 0.2) is 0 Å². The Morgan fingerprint density at radius 3 is 2.06 bits per heavy atom. The smallest absolute Gasteiger partial charge is 0.338 e. The molecule has 0 unspecified atom stereocenters. The quantitative estimate of drug-likeness (QED) is 0.153. The van der Waals surface area contributed by atoms with Crippen molar-refractivity contribution in [3.63, 3.8) is 0 Å². The standard InChI is InChI=1S/C30H42O4/c1-7-9-10-11-16-30(20-24-25(21-30)29(5,6)18-17-28(24,3)4)27(32)34-23-14-12-22(13-15-23)26(31)33-19-8-2/h8,12-15H,2,7,9-11,16-21H2,1,3-6H3. The number of hydrogen-bond donors (Lipinski definition) is 0. The Morgan fingerprint density at radius 1 is 0.941 bits per heavy atom. The van der Waals surface area contributed by atoms with E-state index in [1.807, 2.05) is 0 Å². The van der Waals surface area contributed by atoms with E-state index in [9.17, 15) is 9.59 Å². The highest BCUT2D eigenvalue weighted by Gasteiger charge is 2.53. The van der Waals surface area contributed by atoms with Crippen molar-refractivity contribution in [2.45, 2.75) is 92.4 Å². The Labute approximate surface area is 205 Å². The number of hydrogen-bond acceptors (Lipinski definition) is 4. The van der Waals surface area contributed by atoms with Crippen LogP contribution in [0.2, 0.25) is 0 Å². The third kappa shape index (κ3) is 5.64. The Bertz CT molecular complexity index is 905. The fourth-order valence-electron chi connectivity index (χ4n) is 5.58. The van der Waals surface area contributed by atoms with E-state index in [1.165, 1.54) is 30.1 Å². The van der Waals surface area contributed by atoms with E-state index in [-0.39, 0.29) is 23.4 Å². The van der Waals surface area contributed by atoms with Crippen LogP contribution in [-0.4, -0.2) is 18.5 Å². The fraction of sp³-hybridized carbons (Fsp3) is 0.600. The first-order valence-corrected chi connectivity index (χ1v) is 12.9. The average molecular weight is 467 g/mol. The van der Waals surface area contributed by atoms with Gasteiger partial charge < -0.3 is 9.47 Å². The molecule has 0 bridgehead atoms. The van der Waals surface area contributed by atoms with Crippen LogP contribution in [0.15, 0.2) is 48.1 Å². The normalized spacial score (nSPS) is 19.9. The highest BCUT2D eigenvalue weighted by Crippen LogP contribution is 2.61. The van der Waals surface area contributed by atoms with Gasteiger partial charge in [0, 0.05) is 0 Å². The molecule has 0 amide bonds. The lowest BCUT2D eigenvalue weighted by molar-refractivity contribution is -0.146. The zero-order valence-corrected chi connectivity index (χ0v) is 21.8. The molecule has 0 atom stereocenters. The lowest BCUT2D eigenvalue weighted by Crippen LogP contribution is -2.34. The molecule has 0 saturated carbocycles. The van der Waals surface area contributed by atoms with E-state index in [1.54, 1.807) is 24.3 Å². The molecule has 0 aliphatic heterocycles. The topological polar surface area (TPSA) is 52.6 Å². The van der Waals surface area contributed by atoms with Crippen molar-refractivity contribution in [2.75, 3.05) is 6.61 Å². The van der Waals surface area contributed by atoms with Crippen LogP contribution in [0.3, 0.4) is 0 Å². The molecule has 2 aliphatic rings. The summed E-state index contributed by atoms with van der Waals surface area (Å²) in [4.78, 5) is 25.8.